The summed E-state index contributed by atoms with van der Waals surface area (Å²) < 4.78 is 0. The summed E-state index contributed by atoms with van der Waals surface area (Å²) in [5, 5.41) is 19.1. The first kappa shape index (κ1) is 17.7. The summed E-state index contributed by atoms with van der Waals surface area (Å²) in [4.78, 5) is 2.78. The first-order chi connectivity index (χ1) is 11.5. The minimum atomic E-state index is 0.515. The maximum Gasteiger partial charge on any atom is 0.127 e. The SMILES string of the molecule is CCCN(C)c1ccc(NNc2sc(C#N)c(C)c2C#N)c(C)c1. The molecule has 0 amide bonds. The van der Waals surface area contributed by atoms with Gasteiger partial charge in [-0.25, -0.2) is 0 Å². The first-order valence-corrected chi connectivity index (χ1v) is 8.60. The normalized spacial score (nSPS) is 9.92. The Bertz CT molecular complexity index is 810. The number of nitriles is 2. The third kappa shape index (κ3) is 3.61. The van der Waals surface area contributed by atoms with E-state index in [2.05, 4.69) is 54.0 Å². The van der Waals surface area contributed by atoms with Crippen LogP contribution >= 0.6 is 11.3 Å². The molecule has 5 nitrogen and oxygen atoms in total. The minimum absolute atomic E-state index is 0.515. The maximum absolute atomic E-state index is 9.28. The van der Waals surface area contributed by atoms with Crippen LogP contribution in [0.3, 0.4) is 0 Å². The van der Waals surface area contributed by atoms with Crippen LogP contribution in [0.4, 0.5) is 16.4 Å². The molecule has 0 aliphatic heterocycles. The fourth-order valence-corrected chi connectivity index (χ4v) is 3.36. The van der Waals surface area contributed by atoms with Crippen LogP contribution in [0, 0.1) is 36.5 Å². The van der Waals surface area contributed by atoms with E-state index in [9.17, 15) is 5.26 Å². The lowest BCUT2D eigenvalue weighted by molar-refractivity contribution is 0.852. The van der Waals surface area contributed by atoms with Gasteiger partial charge in [0.1, 0.15) is 22.0 Å². The Labute approximate surface area is 147 Å². The van der Waals surface area contributed by atoms with Crippen LogP contribution in [0.1, 0.15) is 34.9 Å². The fraction of sp³-hybridized carbons (Fsp3) is 0.333. The molecule has 0 fully saturated rings. The smallest absolute Gasteiger partial charge is 0.127 e. The van der Waals surface area contributed by atoms with E-state index in [-0.39, 0.29) is 0 Å². The number of hydrogen-bond donors (Lipinski definition) is 2. The summed E-state index contributed by atoms with van der Waals surface area (Å²) in [6.07, 6.45) is 1.10. The van der Waals surface area contributed by atoms with E-state index in [1.165, 1.54) is 17.0 Å². The molecular formula is C18H21N5S. The monoisotopic (exact) mass is 339 g/mol. The third-order valence-electron chi connectivity index (χ3n) is 3.88. The van der Waals surface area contributed by atoms with Gasteiger partial charge in [-0.2, -0.15) is 10.5 Å². The predicted octanol–water partition coefficient (Wildman–Crippen LogP) is 4.39. The number of aryl methyl sites for hydroxylation is 1. The Morgan fingerprint density at radius 2 is 1.92 bits per heavy atom. The number of hydrazine groups is 1. The zero-order valence-electron chi connectivity index (χ0n) is 14.4. The van der Waals surface area contributed by atoms with Crippen molar-refractivity contribution < 1.29 is 0 Å². The topological polar surface area (TPSA) is 74.9 Å². The highest BCUT2D eigenvalue weighted by Crippen LogP contribution is 2.32. The molecule has 1 aromatic heterocycles. The number of benzene rings is 1. The molecular weight excluding hydrogens is 318 g/mol. The lowest BCUT2D eigenvalue weighted by atomic mass is 10.1. The number of nitrogens with one attached hydrogen (secondary N) is 2. The summed E-state index contributed by atoms with van der Waals surface area (Å²) in [6.45, 7) is 7.01. The van der Waals surface area contributed by atoms with Crippen LogP contribution in [-0.2, 0) is 0 Å². The second kappa shape index (κ2) is 7.72. The Kier molecular flexibility index (Phi) is 5.68. The molecule has 2 rings (SSSR count). The van der Waals surface area contributed by atoms with Crippen molar-refractivity contribution in [2.45, 2.75) is 27.2 Å². The van der Waals surface area contributed by atoms with Crippen LogP contribution in [0.15, 0.2) is 18.2 Å². The number of hydrogen-bond acceptors (Lipinski definition) is 6. The van der Waals surface area contributed by atoms with E-state index in [1.54, 1.807) is 6.92 Å². The van der Waals surface area contributed by atoms with Gasteiger partial charge < -0.3 is 4.90 Å². The predicted molar refractivity (Wildman–Crippen MR) is 100 cm³/mol. The van der Waals surface area contributed by atoms with Crippen molar-refractivity contribution in [3.63, 3.8) is 0 Å². The number of rotatable bonds is 6. The standard InChI is InChI=1S/C18H21N5S/c1-5-8-23(4)14-6-7-16(12(2)9-14)21-22-18-15(10-19)13(3)17(11-20)24-18/h6-7,9,21-22H,5,8H2,1-4H3. The summed E-state index contributed by atoms with van der Waals surface area (Å²) >= 11 is 1.28. The summed E-state index contributed by atoms with van der Waals surface area (Å²) in [5.41, 5.74) is 10.7. The molecule has 1 heterocycles. The zero-order chi connectivity index (χ0) is 17.7. The first-order valence-electron chi connectivity index (χ1n) is 7.79. The fourth-order valence-electron chi connectivity index (χ4n) is 2.46. The lowest BCUT2D eigenvalue weighted by Crippen LogP contribution is -2.18. The lowest BCUT2D eigenvalue weighted by Gasteiger charge is -2.20. The van der Waals surface area contributed by atoms with Gasteiger partial charge in [0.05, 0.1) is 11.3 Å². The molecule has 0 spiro atoms. The quantitative estimate of drug-likeness (QED) is 0.763. The number of nitrogens with zero attached hydrogens (tertiary/aromatic N) is 3. The van der Waals surface area contributed by atoms with Crippen LogP contribution in [0.2, 0.25) is 0 Å². The molecule has 24 heavy (non-hydrogen) atoms. The van der Waals surface area contributed by atoms with E-state index < -0.39 is 0 Å². The molecule has 0 unspecified atom stereocenters. The molecule has 2 aromatic rings. The molecule has 0 aliphatic carbocycles. The minimum Gasteiger partial charge on any atom is -0.375 e. The molecule has 0 bridgehead atoms. The molecule has 0 saturated carbocycles. The molecule has 2 N–H and O–H groups in total. The van der Waals surface area contributed by atoms with Gasteiger partial charge in [-0.3, -0.25) is 10.9 Å². The van der Waals surface area contributed by atoms with Crippen molar-refractivity contribution in [2.75, 3.05) is 29.3 Å². The average molecular weight is 339 g/mol. The van der Waals surface area contributed by atoms with Crippen molar-refractivity contribution in [1.29, 1.82) is 10.5 Å². The van der Waals surface area contributed by atoms with Gasteiger partial charge >= 0.3 is 0 Å². The van der Waals surface area contributed by atoms with Crippen LogP contribution in [-0.4, -0.2) is 13.6 Å². The third-order valence-corrected chi connectivity index (χ3v) is 4.99. The van der Waals surface area contributed by atoms with E-state index in [4.69, 9.17) is 5.26 Å². The van der Waals surface area contributed by atoms with Crippen LogP contribution in [0.5, 0.6) is 0 Å². The largest absolute Gasteiger partial charge is 0.375 e. The van der Waals surface area contributed by atoms with Gasteiger partial charge in [0.2, 0.25) is 0 Å². The van der Waals surface area contributed by atoms with Crippen molar-refractivity contribution in [3.8, 4) is 12.1 Å². The molecule has 6 heteroatoms. The van der Waals surface area contributed by atoms with Crippen molar-refractivity contribution in [3.05, 3.63) is 39.8 Å². The Hall–Kier alpha value is -2.70. The van der Waals surface area contributed by atoms with Crippen molar-refractivity contribution in [1.82, 2.24) is 0 Å². The van der Waals surface area contributed by atoms with Crippen LogP contribution < -0.4 is 15.8 Å². The molecule has 0 radical (unpaired) electrons. The van der Waals surface area contributed by atoms with Gasteiger partial charge in [0, 0.05) is 19.3 Å². The van der Waals surface area contributed by atoms with Gasteiger partial charge in [0.15, 0.2) is 0 Å². The maximum atomic E-state index is 9.28. The Morgan fingerprint density at radius 3 is 2.50 bits per heavy atom. The highest BCUT2D eigenvalue weighted by molar-refractivity contribution is 7.17. The zero-order valence-corrected chi connectivity index (χ0v) is 15.2. The molecule has 0 saturated heterocycles. The highest BCUT2D eigenvalue weighted by Gasteiger charge is 2.14. The molecule has 0 aliphatic rings. The van der Waals surface area contributed by atoms with Gasteiger partial charge in [0.25, 0.3) is 0 Å². The summed E-state index contributed by atoms with van der Waals surface area (Å²) in [5.74, 6) is 0. The summed E-state index contributed by atoms with van der Waals surface area (Å²) in [7, 11) is 2.08. The molecule has 124 valence electrons. The van der Waals surface area contributed by atoms with Crippen LogP contribution in [0.25, 0.3) is 0 Å². The van der Waals surface area contributed by atoms with Gasteiger partial charge in [-0.15, -0.1) is 11.3 Å². The highest BCUT2D eigenvalue weighted by atomic mass is 32.1. The van der Waals surface area contributed by atoms with E-state index in [1.807, 2.05) is 13.0 Å². The molecule has 1 aromatic carbocycles. The molecule has 0 atom stereocenters. The van der Waals surface area contributed by atoms with Crippen molar-refractivity contribution >= 4 is 27.7 Å². The number of thiophene rings is 1. The van der Waals surface area contributed by atoms with E-state index in [0.29, 0.717) is 15.4 Å². The second-order valence-corrected chi connectivity index (χ2v) is 6.68. The van der Waals surface area contributed by atoms with Crippen molar-refractivity contribution in [2.24, 2.45) is 0 Å². The average Bonchev–Trinajstić information content (AvgIpc) is 2.88. The second-order valence-electron chi connectivity index (χ2n) is 5.65. The van der Waals surface area contributed by atoms with E-state index >= 15 is 0 Å². The van der Waals surface area contributed by atoms with Gasteiger partial charge in [-0.05, 0) is 49.6 Å². The van der Waals surface area contributed by atoms with E-state index in [0.717, 1.165) is 29.8 Å². The summed E-state index contributed by atoms with van der Waals surface area (Å²) in [6, 6.07) is 10.5. The Morgan fingerprint density at radius 1 is 1.17 bits per heavy atom. The Balaban J connectivity index is 2.16. The van der Waals surface area contributed by atoms with Gasteiger partial charge in [-0.1, -0.05) is 6.92 Å². The number of anilines is 3.